The fourth-order valence-corrected chi connectivity index (χ4v) is 3.06. The van der Waals surface area contributed by atoms with Gasteiger partial charge in [0.25, 0.3) is 0 Å². The van der Waals surface area contributed by atoms with Crippen LogP contribution in [0.5, 0.6) is 0 Å². The van der Waals surface area contributed by atoms with Crippen LogP contribution in [0.3, 0.4) is 0 Å². The van der Waals surface area contributed by atoms with Crippen LogP contribution >= 0.6 is 11.6 Å². The van der Waals surface area contributed by atoms with Crippen LogP contribution in [0.1, 0.15) is 50.5 Å². The average molecular weight is 317 g/mol. The molecular weight excluding hydrogens is 296 g/mol. The standard InChI is InChI=1S/C15H21ClO3S/c1-10(2)20(18,19)9-14(17)11-6-7-12(13(16)8-11)15(3,4)5/h6-8,10H,9H2,1-5H3. The summed E-state index contributed by atoms with van der Waals surface area (Å²) < 4.78 is 23.5. The van der Waals surface area contributed by atoms with E-state index < -0.39 is 26.6 Å². The molecule has 1 aromatic rings. The molecule has 0 amide bonds. The van der Waals surface area contributed by atoms with Gasteiger partial charge in [-0.3, -0.25) is 4.79 Å². The Morgan fingerprint density at radius 3 is 2.20 bits per heavy atom. The first-order chi connectivity index (χ1) is 8.95. The maximum atomic E-state index is 12.0. The Balaban J connectivity index is 3.06. The number of Topliss-reactive ketones (excluding diaryl/α,β-unsaturated/α-hetero) is 1. The summed E-state index contributed by atoms with van der Waals surface area (Å²) in [6.07, 6.45) is 0. The lowest BCUT2D eigenvalue weighted by atomic mass is 9.86. The molecule has 0 aliphatic carbocycles. The van der Waals surface area contributed by atoms with Crippen LogP contribution in [0.15, 0.2) is 18.2 Å². The fourth-order valence-electron chi connectivity index (χ4n) is 1.73. The van der Waals surface area contributed by atoms with Crippen LogP contribution < -0.4 is 0 Å². The number of hydrogen-bond donors (Lipinski definition) is 0. The summed E-state index contributed by atoms with van der Waals surface area (Å²) in [4.78, 5) is 12.0. The summed E-state index contributed by atoms with van der Waals surface area (Å²) >= 11 is 6.19. The monoisotopic (exact) mass is 316 g/mol. The zero-order valence-corrected chi connectivity index (χ0v) is 14.1. The smallest absolute Gasteiger partial charge is 0.177 e. The van der Waals surface area contributed by atoms with Crippen molar-refractivity contribution in [1.82, 2.24) is 0 Å². The van der Waals surface area contributed by atoms with E-state index in [0.717, 1.165) is 5.56 Å². The first-order valence-electron chi connectivity index (χ1n) is 6.50. The third-order valence-corrected chi connectivity index (χ3v) is 5.56. The van der Waals surface area contributed by atoms with Crippen LogP contribution in [-0.2, 0) is 15.3 Å². The van der Waals surface area contributed by atoms with E-state index in [-0.39, 0.29) is 5.41 Å². The molecule has 1 rings (SSSR count). The van der Waals surface area contributed by atoms with Crippen molar-refractivity contribution in [1.29, 1.82) is 0 Å². The van der Waals surface area contributed by atoms with E-state index in [1.807, 2.05) is 20.8 Å². The van der Waals surface area contributed by atoms with Crippen molar-refractivity contribution in [3.8, 4) is 0 Å². The molecule has 0 saturated carbocycles. The molecular formula is C15H21ClO3S. The van der Waals surface area contributed by atoms with E-state index in [9.17, 15) is 13.2 Å². The third-order valence-electron chi connectivity index (χ3n) is 3.15. The Labute approximate surface area is 126 Å². The van der Waals surface area contributed by atoms with Crippen molar-refractivity contribution in [2.45, 2.75) is 45.3 Å². The number of rotatable bonds is 4. The highest BCUT2D eigenvalue weighted by Gasteiger charge is 2.23. The largest absolute Gasteiger partial charge is 0.293 e. The van der Waals surface area contributed by atoms with Gasteiger partial charge in [0.05, 0.1) is 5.25 Å². The van der Waals surface area contributed by atoms with Crippen LogP contribution in [-0.4, -0.2) is 25.2 Å². The van der Waals surface area contributed by atoms with Gasteiger partial charge in [0.15, 0.2) is 15.6 Å². The van der Waals surface area contributed by atoms with Gasteiger partial charge in [-0.15, -0.1) is 0 Å². The van der Waals surface area contributed by atoms with Crippen LogP contribution in [0.4, 0.5) is 0 Å². The molecule has 5 heteroatoms. The van der Waals surface area contributed by atoms with Gasteiger partial charge < -0.3 is 0 Å². The van der Waals surface area contributed by atoms with Crippen LogP contribution in [0.2, 0.25) is 5.02 Å². The number of sulfone groups is 1. The number of carbonyl (C=O) groups is 1. The quantitative estimate of drug-likeness (QED) is 0.797. The van der Waals surface area contributed by atoms with Crippen molar-refractivity contribution in [3.63, 3.8) is 0 Å². The summed E-state index contributed by atoms with van der Waals surface area (Å²) in [5, 5.41) is -0.0685. The fraction of sp³-hybridized carbons (Fsp3) is 0.533. The maximum Gasteiger partial charge on any atom is 0.177 e. The van der Waals surface area contributed by atoms with Gasteiger partial charge in [-0.2, -0.15) is 0 Å². The first kappa shape index (κ1) is 17.2. The molecule has 0 aliphatic heterocycles. The SMILES string of the molecule is CC(C)S(=O)(=O)CC(=O)c1ccc(C(C)(C)C)c(Cl)c1. The molecule has 0 heterocycles. The molecule has 0 unspecified atom stereocenters. The topological polar surface area (TPSA) is 51.2 Å². The molecule has 0 radical (unpaired) electrons. The zero-order chi connectivity index (χ0) is 15.7. The van der Waals surface area contributed by atoms with Crippen molar-refractivity contribution >= 4 is 27.2 Å². The summed E-state index contributed by atoms with van der Waals surface area (Å²) in [5.74, 6) is -0.892. The lowest BCUT2D eigenvalue weighted by Gasteiger charge is -2.21. The summed E-state index contributed by atoms with van der Waals surface area (Å²) in [7, 11) is -3.39. The predicted octanol–water partition coefficient (Wildman–Crippen LogP) is 3.64. The van der Waals surface area contributed by atoms with Gasteiger partial charge in [-0.1, -0.05) is 44.5 Å². The molecule has 0 fully saturated rings. The van der Waals surface area contributed by atoms with Gasteiger partial charge in [0.2, 0.25) is 0 Å². The molecule has 112 valence electrons. The molecule has 3 nitrogen and oxygen atoms in total. The lowest BCUT2D eigenvalue weighted by Crippen LogP contribution is -2.23. The Morgan fingerprint density at radius 2 is 1.80 bits per heavy atom. The van der Waals surface area contributed by atoms with Gasteiger partial charge in [0.1, 0.15) is 5.75 Å². The maximum absolute atomic E-state index is 12.0. The van der Waals surface area contributed by atoms with Gasteiger partial charge in [-0.05, 0) is 30.9 Å². The van der Waals surface area contributed by atoms with Crippen molar-refractivity contribution in [3.05, 3.63) is 34.3 Å². The second kappa shape index (κ2) is 5.86. The Hall–Kier alpha value is -0.870. The molecule has 1 aromatic carbocycles. The second-order valence-electron chi connectivity index (χ2n) is 6.22. The highest BCUT2D eigenvalue weighted by molar-refractivity contribution is 7.92. The molecule has 20 heavy (non-hydrogen) atoms. The van der Waals surface area contributed by atoms with Crippen molar-refractivity contribution in [2.24, 2.45) is 0 Å². The molecule has 0 bridgehead atoms. The second-order valence-corrected chi connectivity index (χ2v) is 9.19. The third kappa shape index (κ3) is 4.06. The first-order valence-corrected chi connectivity index (χ1v) is 8.59. The zero-order valence-electron chi connectivity index (χ0n) is 12.5. The van der Waals surface area contributed by atoms with Gasteiger partial charge >= 0.3 is 0 Å². The molecule has 0 N–H and O–H groups in total. The van der Waals surface area contributed by atoms with E-state index in [1.54, 1.807) is 32.0 Å². The van der Waals surface area contributed by atoms with E-state index in [0.29, 0.717) is 10.6 Å². The summed E-state index contributed by atoms with van der Waals surface area (Å²) in [5.41, 5.74) is 1.15. The Kier molecular flexibility index (Phi) is 5.03. The number of halogens is 1. The number of hydrogen-bond acceptors (Lipinski definition) is 3. The highest BCUT2D eigenvalue weighted by Crippen LogP contribution is 2.30. The van der Waals surface area contributed by atoms with E-state index in [2.05, 4.69) is 0 Å². The van der Waals surface area contributed by atoms with Crippen LogP contribution in [0, 0.1) is 0 Å². The summed E-state index contributed by atoms with van der Waals surface area (Å²) in [6.45, 7) is 9.22. The number of ketones is 1. The van der Waals surface area contributed by atoms with E-state index in [4.69, 9.17) is 11.6 Å². The van der Waals surface area contributed by atoms with Crippen LogP contribution in [0.25, 0.3) is 0 Å². The summed E-state index contributed by atoms with van der Waals surface area (Å²) in [6, 6.07) is 4.99. The van der Waals surface area contributed by atoms with Crippen molar-refractivity contribution in [2.75, 3.05) is 5.75 Å². The molecule has 0 spiro atoms. The average Bonchev–Trinajstić information content (AvgIpc) is 2.26. The normalized spacial score (nSPS) is 12.8. The number of carbonyl (C=O) groups excluding carboxylic acids is 1. The molecule has 0 aliphatic rings. The van der Waals surface area contributed by atoms with E-state index in [1.165, 1.54) is 0 Å². The number of benzene rings is 1. The van der Waals surface area contributed by atoms with E-state index >= 15 is 0 Å². The minimum atomic E-state index is -3.39. The highest BCUT2D eigenvalue weighted by atomic mass is 35.5. The van der Waals surface area contributed by atoms with Gasteiger partial charge in [-0.25, -0.2) is 8.42 Å². The molecule has 0 atom stereocenters. The molecule has 0 aromatic heterocycles. The predicted molar refractivity (Wildman–Crippen MR) is 83.4 cm³/mol. The Bertz CT molecular complexity index is 610. The van der Waals surface area contributed by atoms with Crippen molar-refractivity contribution < 1.29 is 13.2 Å². The lowest BCUT2D eigenvalue weighted by molar-refractivity contribution is 0.102. The minimum absolute atomic E-state index is 0.122. The Morgan fingerprint density at radius 1 is 1.25 bits per heavy atom. The molecule has 0 saturated heterocycles. The van der Waals surface area contributed by atoms with Gasteiger partial charge in [0, 0.05) is 10.6 Å². The minimum Gasteiger partial charge on any atom is -0.293 e.